The van der Waals surface area contributed by atoms with Crippen molar-refractivity contribution in [1.82, 2.24) is 0 Å². The molecule has 0 aliphatic carbocycles. The van der Waals surface area contributed by atoms with Crippen LogP contribution in [0.5, 0.6) is 0 Å². The highest BCUT2D eigenvalue weighted by atomic mass is 31.2. The average molecular weight is 544 g/mol. The minimum Gasteiger partial charge on any atom is -0.449 e. The third-order valence-corrected chi connectivity index (χ3v) is 9.89. The summed E-state index contributed by atoms with van der Waals surface area (Å²) in [6, 6.07) is 3.12. The Morgan fingerprint density at radius 3 is 1.33 bits per heavy atom. The summed E-state index contributed by atoms with van der Waals surface area (Å²) in [4.78, 5) is 28.4. The number of rotatable bonds is 8. The van der Waals surface area contributed by atoms with E-state index in [1.165, 1.54) is 50.4 Å². The fourth-order valence-electron chi connectivity index (χ4n) is 4.08. The van der Waals surface area contributed by atoms with Gasteiger partial charge in [0.25, 0.3) is 0 Å². The molecule has 0 saturated heterocycles. The maximum absolute atomic E-state index is 13.3. The first-order valence-corrected chi connectivity index (χ1v) is 14.3. The summed E-state index contributed by atoms with van der Waals surface area (Å²) in [7, 11) is -2.65. The molecule has 2 aliphatic heterocycles. The highest BCUT2D eigenvalue weighted by Gasteiger charge is 2.46. The normalized spacial score (nSPS) is 19.1. The van der Waals surface area contributed by atoms with Crippen molar-refractivity contribution in [2.24, 2.45) is 0 Å². The molecule has 0 unspecified atom stereocenters. The van der Waals surface area contributed by atoms with Crippen LogP contribution in [0.4, 0.5) is 21.0 Å². The van der Waals surface area contributed by atoms with E-state index in [1.54, 1.807) is 38.1 Å². The summed E-state index contributed by atoms with van der Waals surface area (Å²) in [5, 5.41) is 0. The van der Waals surface area contributed by atoms with Crippen LogP contribution in [0, 0.1) is 0 Å². The summed E-state index contributed by atoms with van der Waals surface area (Å²) < 4.78 is 57.6. The molecule has 0 radical (unpaired) electrons. The van der Waals surface area contributed by atoms with Gasteiger partial charge in [0.15, 0.2) is 11.6 Å². The molecule has 2 aliphatic rings. The number of amides is 2. The summed E-state index contributed by atoms with van der Waals surface area (Å²) in [5.41, 5.74) is 1.73. The number of carbonyl (C=O) groups excluding carboxylic acids is 2. The van der Waals surface area contributed by atoms with Gasteiger partial charge < -0.3 is 27.6 Å². The number of fused-ring (bicyclic) bond motifs is 3. The minimum absolute atomic E-state index is 0.0812. The standard InChI is InChI=1S/C22H30N2O10P2/c1-7-33-21(25)23-17-11-12-18-16(15(17)9-13-19(23)35(27,29-3)30-4)10-14-20(36(28,31-5)32-6)24(18)22(26)34-8-2/h9-14,19-20H,7-8H2,1-6H3/t19-,20+. The van der Waals surface area contributed by atoms with Gasteiger partial charge >= 0.3 is 27.4 Å². The van der Waals surface area contributed by atoms with Crippen LogP contribution in [0.15, 0.2) is 24.3 Å². The van der Waals surface area contributed by atoms with Crippen molar-refractivity contribution >= 4 is 50.9 Å². The largest absolute Gasteiger partial charge is 0.449 e. The van der Waals surface area contributed by atoms with E-state index in [1.807, 2.05) is 0 Å². The fraction of sp³-hybridized carbons (Fsp3) is 0.455. The van der Waals surface area contributed by atoms with Crippen molar-refractivity contribution in [1.29, 1.82) is 0 Å². The molecule has 12 nitrogen and oxygen atoms in total. The van der Waals surface area contributed by atoms with Crippen LogP contribution in [-0.4, -0.2) is 65.4 Å². The summed E-state index contributed by atoms with van der Waals surface area (Å²) in [5.74, 6) is -2.19. The lowest BCUT2D eigenvalue weighted by atomic mass is 9.96. The average Bonchev–Trinajstić information content (AvgIpc) is 2.90. The van der Waals surface area contributed by atoms with Crippen LogP contribution >= 0.6 is 15.2 Å². The molecule has 3 rings (SSSR count). The Bertz CT molecular complexity index is 1060. The molecule has 0 saturated carbocycles. The van der Waals surface area contributed by atoms with Crippen molar-refractivity contribution in [3.63, 3.8) is 0 Å². The van der Waals surface area contributed by atoms with E-state index in [0.29, 0.717) is 22.5 Å². The minimum atomic E-state index is -3.79. The van der Waals surface area contributed by atoms with Crippen LogP contribution < -0.4 is 9.80 Å². The first kappa shape index (κ1) is 28.1. The van der Waals surface area contributed by atoms with Gasteiger partial charge in [-0.3, -0.25) is 18.9 Å². The second-order valence-corrected chi connectivity index (χ2v) is 12.1. The maximum atomic E-state index is 13.3. The molecule has 0 bridgehead atoms. The van der Waals surface area contributed by atoms with E-state index < -0.39 is 38.9 Å². The van der Waals surface area contributed by atoms with E-state index in [2.05, 4.69) is 0 Å². The lowest BCUT2D eigenvalue weighted by Gasteiger charge is -2.39. The van der Waals surface area contributed by atoms with Crippen molar-refractivity contribution in [3.05, 3.63) is 35.4 Å². The fourth-order valence-corrected chi connectivity index (χ4v) is 6.84. The van der Waals surface area contributed by atoms with Crippen LogP contribution in [0.2, 0.25) is 0 Å². The van der Waals surface area contributed by atoms with E-state index in [-0.39, 0.29) is 13.2 Å². The van der Waals surface area contributed by atoms with Crippen molar-refractivity contribution in [2.75, 3.05) is 51.5 Å². The van der Waals surface area contributed by atoms with E-state index in [4.69, 9.17) is 27.6 Å². The van der Waals surface area contributed by atoms with Gasteiger partial charge in [0, 0.05) is 39.6 Å². The summed E-state index contributed by atoms with van der Waals surface area (Å²) in [6.07, 6.45) is 4.81. The zero-order valence-corrected chi connectivity index (χ0v) is 22.7. The van der Waals surface area contributed by atoms with Crippen LogP contribution in [0.1, 0.15) is 25.0 Å². The first-order valence-electron chi connectivity index (χ1n) is 11.0. The zero-order valence-electron chi connectivity index (χ0n) is 20.9. The molecule has 36 heavy (non-hydrogen) atoms. The second-order valence-electron chi connectivity index (χ2n) is 7.42. The van der Waals surface area contributed by atoms with E-state index in [9.17, 15) is 18.7 Å². The number of hydrogen-bond donors (Lipinski definition) is 0. The van der Waals surface area contributed by atoms with Crippen molar-refractivity contribution in [3.8, 4) is 0 Å². The van der Waals surface area contributed by atoms with Crippen LogP contribution in [-0.2, 0) is 36.7 Å². The first-order chi connectivity index (χ1) is 17.2. The van der Waals surface area contributed by atoms with Gasteiger partial charge in [-0.2, -0.15) is 0 Å². The van der Waals surface area contributed by atoms with Crippen LogP contribution in [0.3, 0.4) is 0 Å². The highest BCUT2D eigenvalue weighted by Crippen LogP contribution is 2.59. The van der Waals surface area contributed by atoms with E-state index in [0.717, 1.165) is 0 Å². The highest BCUT2D eigenvalue weighted by molar-refractivity contribution is 7.55. The topological polar surface area (TPSA) is 130 Å². The number of hydrogen-bond acceptors (Lipinski definition) is 10. The predicted octanol–water partition coefficient (Wildman–Crippen LogP) is 5.29. The molecular formula is C22H30N2O10P2. The third kappa shape index (κ3) is 4.77. The third-order valence-electron chi connectivity index (χ3n) is 5.75. The van der Waals surface area contributed by atoms with Gasteiger partial charge in [0.05, 0.1) is 24.6 Å². The smallest absolute Gasteiger partial charge is 0.415 e. The number of nitrogens with zero attached hydrogens (tertiary/aromatic N) is 2. The zero-order chi connectivity index (χ0) is 26.7. The molecular weight excluding hydrogens is 514 g/mol. The Morgan fingerprint density at radius 1 is 0.722 bits per heavy atom. The van der Waals surface area contributed by atoms with Gasteiger partial charge in [-0.25, -0.2) is 9.59 Å². The number of benzene rings is 1. The number of ether oxygens (including phenoxy) is 2. The van der Waals surface area contributed by atoms with Gasteiger partial charge in [-0.15, -0.1) is 0 Å². The molecule has 198 valence electrons. The molecule has 0 aromatic heterocycles. The summed E-state index contributed by atoms with van der Waals surface area (Å²) in [6.45, 7) is 3.46. The lowest BCUT2D eigenvalue weighted by molar-refractivity contribution is 0.157. The molecule has 2 heterocycles. The molecule has 2 atom stereocenters. The Morgan fingerprint density at radius 2 is 1.06 bits per heavy atom. The molecule has 2 amide bonds. The van der Waals surface area contributed by atoms with Crippen molar-refractivity contribution in [2.45, 2.75) is 25.4 Å². The monoisotopic (exact) mass is 544 g/mol. The number of carbonyl (C=O) groups is 2. The second kappa shape index (κ2) is 11.3. The maximum Gasteiger partial charge on any atom is 0.415 e. The van der Waals surface area contributed by atoms with Crippen molar-refractivity contribution < 1.29 is 46.3 Å². The molecule has 1 aromatic carbocycles. The Balaban J connectivity index is 2.23. The Hall–Kier alpha value is -2.46. The predicted molar refractivity (Wildman–Crippen MR) is 134 cm³/mol. The number of anilines is 2. The van der Waals surface area contributed by atoms with E-state index >= 15 is 0 Å². The molecule has 14 heteroatoms. The Kier molecular flexibility index (Phi) is 8.82. The molecule has 0 fully saturated rings. The van der Waals surface area contributed by atoms with Gasteiger partial charge in [-0.05, 0) is 38.1 Å². The SMILES string of the molecule is CCOC(=O)N1c2ccc3c(c2C=C[C@H]1P(=O)(OC)OC)C=C[C@H](P(=O)(OC)OC)N3C(=O)OCC. The molecule has 0 spiro atoms. The van der Waals surface area contributed by atoms with Crippen LogP contribution in [0.25, 0.3) is 12.2 Å². The quantitative estimate of drug-likeness (QED) is 0.398. The molecule has 1 aromatic rings. The summed E-state index contributed by atoms with van der Waals surface area (Å²) >= 11 is 0. The Labute approximate surface area is 209 Å². The lowest BCUT2D eigenvalue weighted by Crippen LogP contribution is -2.44. The van der Waals surface area contributed by atoms with Gasteiger partial charge in [0.1, 0.15) is 0 Å². The van der Waals surface area contributed by atoms with Gasteiger partial charge in [-0.1, -0.05) is 12.2 Å². The van der Waals surface area contributed by atoms with Gasteiger partial charge in [0.2, 0.25) is 0 Å². The molecule has 0 N–H and O–H groups in total.